The van der Waals surface area contributed by atoms with Crippen LogP contribution in [0, 0.1) is 0 Å². The fourth-order valence-corrected chi connectivity index (χ4v) is 2.06. The lowest BCUT2D eigenvalue weighted by atomic mass is 10.1. The molecule has 0 spiro atoms. The lowest BCUT2D eigenvalue weighted by Crippen LogP contribution is -2.56. The fourth-order valence-electron chi connectivity index (χ4n) is 2.06. The first-order chi connectivity index (χ1) is 12.6. The highest BCUT2D eigenvalue weighted by Crippen LogP contribution is 2.02. The maximum Gasteiger partial charge on any atom is 0.326 e. The van der Waals surface area contributed by atoms with Gasteiger partial charge in [-0.1, -0.05) is 0 Å². The van der Waals surface area contributed by atoms with Crippen molar-refractivity contribution in [2.45, 2.75) is 37.4 Å². The van der Waals surface area contributed by atoms with E-state index in [0.717, 1.165) is 0 Å². The maximum atomic E-state index is 12.3. The van der Waals surface area contributed by atoms with Crippen molar-refractivity contribution >= 4 is 29.7 Å². The van der Waals surface area contributed by atoms with Crippen LogP contribution in [0.25, 0.3) is 0 Å². The average molecular weight is 384 g/mol. The van der Waals surface area contributed by atoms with Crippen LogP contribution in [-0.4, -0.2) is 68.0 Å². The molecule has 9 N–H and O–H groups in total. The highest BCUT2D eigenvalue weighted by molar-refractivity contribution is 5.95. The topological polar surface area (TPSA) is 231 Å². The van der Waals surface area contributed by atoms with E-state index >= 15 is 0 Å². The van der Waals surface area contributed by atoms with Gasteiger partial charge in [-0.3, -0.25) is 19.2 Å². The first-order valence-corrected chi connectivity index (χ1v) is 7.66. The van der Waals surface area contributed by atoms with Crippen molar-refractivity contribution in [3.8, 4) is 0 Å². The Balaban J connectivity index is 2.82. The van der Waals surface area contributed by atoms with Crippen molar-refractivity contribution in [2.24, 2.45) is 11.5 Å². The summed E-state index contributed by atoms with van der Waals surface area (Å²) in [4.78, 5) is 63.7. The first-order valence-electron chi connectivity index (χ1n) is 7.66. The molecule has 3 atom stereocenters. The van der Waals surface area contributed by atoms with Crippen LogP contribution in [0.15, 0.2) is 12.5 Å². The van der Waals surface area contributed by atoms with E-state index in [4.69, 9.17) is 16.6 Å². The zero-order valence-corrected chi connectivity index (χ0v) is 14.0. The van der Waals surface area contributed by atoms with Crippen LogP contribution in [0.2, 0.25) is 0 Å². The van der Waals surface area contributed by atoms with Crippen LogP contribution in [0.5, 0.6) is 0 Å². The molecule has 13 nitrogen and oxygen atoms in total. The molecule has 1 heterocycles. The van der Waals surface area contributed by atoms with E-state index < -0.39 is 60.6 Å². The van der Waals surface area contributed by atoms with E-state index in [1.165, 1.54) is 12.5 Å². The number of aromatic amines is 1. The summed E-state index contributed by atoms with van der Waals surface area (Å²) in [6.07, 6.45) is 1.24. The Labute approximate surface area is 152 Å². The number of carboxylic acids is 2. The number of nitrogens with one attached hydrogen (secondary N) is 3. The Kier molecular flexibility index (Phi) is 7.88. The summed E-state index contributed by atoms with van der Waals surface area (Å²) in [6.45, 7) is 0. The normalized spacial score (nSPS) is 13.8. The number of amides is 3. The van der Waals surface area contributed by atoms with Crippen LogP contribution < -0.4 is 22.1 Å². The minimum atomic E-state index is -1.52. The van der Waals surface area contributed by atoms with Crippen LogP contribution >= 0.6 is 0 Å². The summed E-state index contributed by atoms with van der Waals surface area (Å²) in [5, 5.41) is 22.2. The smallest absolute Gasteiger partial charge is 0.326 e. The van der Waals surface area contributed by atoms with Crippen LogP contribution in [0.1, 0.15) is 18.5 Å². The number of carboxylic acid groups (broad SMARTS) is 2. The predicted octanol–water partition coefficient (Wildman–Crippen LogP) is -3.32. The van der Waals surface area contributed by atoms with Crippen molar-refractivity contribution in [3.63, 3.8) is 0 Å². The van der Waals surface area contributed by atoms with Crippen molar-refractivity contribution in [2.75, 3.05) is 0 Å². The molecule has 1 aromatic rings. The van der Waals surface area contributed by atoms with Gasteiger partial charge in [0.1, 0.15) is 12.1 Å². The Hall–Kier alpha value is -3.48. The van der Waals surface area contributed by atoms with Gasteiger partial charge in [-0.05, 0) is 0 Å². The maximum absolute atomic E-state index is 12.3. The van der Waals surface area contributed by atoms with Gasteiger partial charge in [-0.25, -0.2) is 9.78 Å². The minimum absolute atomic E-state index is 0.128. The molecule has 1 rings (SSSR count). The number of aliphatic carboxylic acids is 2. The number of carbonyl (C=O) groups is 5. The average Bonchev–Trinajstić information content (AvgIpc) is 3.05. The molecule has 0 aliphatic carbocycles. The van der Waals surface area contributed by atoms with E-state index in [9.17, 15) is 29.1 Å². The standard InChI is InChI=1S/C14H20N6O7/c15-7(2-11(22)23)12(24)19-8(3-10(16)21)13(25)20-9(14(26)27)1-6-4-17-5-18-6/h4-5,7-9H,1-3,15H2,(H2,16,21)(H,17,18)(H,19,24)(H,20,25)(H,22,23)(H,26,27)/t7-,8-,9-/m0/s1. The Bertz CT molecular complexity index is 705. The molecular weight excluding hydrogens is 364 g/mol. The fraction of sp³-hybridized carbons (Fsp3) is 0.429. The quantitative estimate of drug-likeness (QED) is 0.202. The number of carbonyl (C=O) groups excluding carboxylic acids is 3. The number of hydrogen-bond acceptors (Lipinski definition) is 7. The third-order valence-corrected chi connectivity index (χ3v) is 3.36. The molecule has 0 bridgehead atoms. The summed E-state index contributed by atoms with van der Waals surface area (Å²) in [5.74, 6) is -5.62. The number of rotatable bonds is 11. The summed E-state index contributed by atoms with van der Waals surface area (Å²) in [6, 6.07) is -4.36. The second-order valence-electron chi connectivity index (χ2n) is 5.62. The first kappa shape index (κ1) is 21.6. The number of aromatic nitrogens is 2. The number of nitrogens with zero attached hydrogens (tertiary/aromatic N) is 1. The molecule has 0 fully saturated rings. The SMILES string of the molecule is NC(=O)C[C@H](NC(=O)[C@@H](N)CC(=O)O)C(=O)N[C@@H](Cc1cnc[nH]1)C(=O)O. The van der Waals surface area contributed by atoms with Crippen LogP contribution in [0.4, 0.5) is 0 Å². The summed E-state index contributed by atoms with van der Waals surface area (Å²) >= 11 is 0. The second-order valence-corrected chi connectivity index (χ2v) is 5.62. The van der Waals surface area contributed by atoms with Crippen molar-refractivity contribution in [1.29, 1.82) is 0 Å². The molecule has 0 aromatic carbocycles. The molecule has 1 aromatic heterocycles. The van der Waals surface area contributed by atoms with Gasteiger partial charge in [0.2, 0.25) is 17.7 Å². The van der Waals surface area contributed by atoms with Crippen molar-refractivity contribution in [3.05, 3.63) is 18.2 Å². The van der Waals surface area contributed by atoms with E-state index in [1.54, 1.807) is 0 Å². The summed E-state index contributed by atoms with van der Waals surface area (Å²) < 4.78 is 0. The molecule has 0 unspecified atom stereocenters. The largest absolute Gasteiger partial charge is 0.481 e. The zero-order valence-electron chi connectivity index (χ0n) is 14.0. The number of primary amides is 1. The molecule has 3 amide bonds. The Morgan fingerprint density at radius 1 is 1.07 bits per heavy atom. The third-order valence-electron chi connectivity index (χ3n) is 3.36. The second kappa shape index (κ2) is 9.86. The van der Waals surface area contributed by atoms with E-state index in [-0.39, 0.29) is 6.42 Å². The van der Waals surface area contributed by atoms with Gasteiger partial charge in [0, 0.05) is 18.3 Å². The van der Waals surface area contributed by atoms with Crippen molar-refractivity contribution < 1.29 is 34.2 Å². The van der Waals surface area contributed by atoms with Gasteiger partial charge >= 0.3 is 11.9 Å². The van der Waals surface area contributed by atoms with E-state index in [2.05, 4.69) is 20.6 Å². The number of nitrogens with two attached hydrogens (primary N) is 2. The minimum Gasteiger partial charge on any atom is -0.481 e. The number of imidazole rings is 1. The van der Waals surface area contributed by atoms with E-state index in [0.29, 0.717) is 5.69 Å². The molecule has 148 valence electrons. The van der Waals surface area contributed by atoms with Gasteiger partial charge < -0.3 is 37.3 Å². The monoisotopic (exact) mass is 384 g/mol. The molecule has 27 heavy (non-hydrogen) atoms. The molecule has 0 aliphatic heterocycles. The highest BCUT2D eigenvalue weighted by atomic mass is 16.4. The Morgan fingerprint density at radius 2 is 1.70 bits per heavy atom. The third kappa shape index (κ3) is 7.52. The van der Waals surface area contributed by atoms with Gasteiger partial charge in [0.05, 0.1) is 25.2 Å². The molecule has 0 radical (unpaired) electrons. The summed E-state index contributed by atoms with van der Waals surface area (Å²) in [7, 11) is 0. The lowest BCUT2D eigenvalue weighted by molar-refractivity contribution is -0.143. The molecule has 0 aliphatic rings. The van der Waals surface area contributed by atoms with Crippen LogP contribution in [0.3, 0.4) is 0 Å². The molecule has 0 saturated heterocycles. The summed E-state index contributed by atoms with van der Waals surface area (Å²) in [5.41, 5.74) is 10.9. The van der Waals surface area contributed by atoms with Gasteiger partial charge in [-0.15, -0.1) is 0 Å². The zero-order chi connectivity index (χ0) is 20.6. The molecule has 0 saturated carbocycles. The van der Waals surface area contributed by atoms with Crippen LogP contribution in [-0.2, 0) is 30.4 Å². The molecular formula is C14H20N6O7. The van der Waals surface area contributed by atoms with E-state index in [1.807, 2.05) is 0 Å². The predicted molar refractivity (Wildman–Crippen MR) is 87.8 cm³/mol. The van der Waals surface area contributed by atoms with Gasteiger partial charge in [0.15, 0.2) is 0 Å². The lowest BCUT2D eigenvalue weighted by Gasteiger charge is -2.21. The van der Waals surface area contributed by atoms with Gasteiger partial charge in [0.25, 0.3) is 0 Å². The highest BCUT2D eigenvalue weighted by Gasteiger charge is 2.29. The number of H-pyrrole nitrogens is 1. The number of hydrogen-bond donors (Lipinski definition) is 7. The molecule has 13 heteroatoms. The Morgan fingerprint density at radius 3 is 2.19 bits per heavy atom. The van der Waals surface area contributed by atoms with Crippen molar-refractivity contribution in [1.82, 2.24) is 20.6 Å². The van der Waals surface area contributed by atoms with Gasteiger partial charge in [-0.2, -0.15) is 0 Å².